The highest BCUT2D eigenvalue weighted by atomic mass is 35.5. The molecular formula is C12H14Cl3NO3. The number of carbonyl (C=O) groups excluding carboxylic acids is 1. The van der Waals surface area contributed by atoms with Gasteiger partial charge in [-0.2, -0.15) is 0 Å². The predicted octanol–water partition coefficient (Wildman–Crippen LogP) is 4.36. The van der Waals surface area contributed by atoms with Crippen LogP contribution in [0.2, 0.25) is 15.1 Å². The van der Waals surface area contributed by atoms with Crippen LogP contribution in [0.25, 0.3) is 0 Å². The third kappa shape index (κ3) is 4.80. The van der Waals surface area contributed by atoms with Crippen molar-refractivity contribution < 1.29 is 14.3 Å². The van der Waals surface area contributed by atoms with Crippen LogP contribution in [0.4, 0.5) is 0 Å². The van der Waals surface area contributed by atoms with E-state index in [-0.39, 0.29) is 20.8 Å². The minimum Gasteiger partial charge on any atom is -0.431 e. The van der Waals surface area contributed by atoms with Gasteiger partial charge in [0.1, 0.15) is 0 Å². The second kappa shape index (κ2) is 7.90. The van der Waals surface area contributed by atoms with Crippen molar-refractivity contribution in [1.29, 1.82) is 0 Å². The van der Waals surface area contributed by atoms with Crippen molar-refractivity contribution in [2.24, 2.45) is 0 Å². The number of nitrogens with zero attached hydrogens (tertiary/aromatic N) is 1. The fourth-order valence-electron chi connectivity index (χ4n) is 1.22. The quantitative estimate of drug-likeness (QED) is 0.443. The lowest BCUT2D eigenvalue weighted by Gasteiger charge is -2.14. The Morgan fingerprint density at radius 2 is 2.05 bits per heavy atom. The van der Waals surface area contributed by atoms with Gasteiger partial charge < -0.3 is 9.47 Å². The number of ether oxygens (including phenoxy) is 2. The Kier molecular flexibility index (Phi) is 6.86. The van der Waals surface area contributed by atoms with Crippen LogP contribution in [0.15, 0.2) is 6.20 Å². The zero-order valence-electron chi connectivity index (χ0n) is 10.6. The fourth-order valence-corrected chi connectivity index (χ4v) is 1.78. The molecule has 1 aromatic rings. The van der Waals surface area contributed by atoms with E-state index in [2.05, 4.69) is 4.98 Å². The van der Waals surface area contributed by atoms with Gasteiger partial charge in [-0.3, -0.25) is 0 Å². The van der Waals surface area contributed by atoms with Crippen LogP contribution in [-0.4, -0.2) is 23.9 Å². The van der Waals surface area contributed by atoms with E-state index in [1.165, 1.54) is 6.20 Å². The Morgan fingerprint density at radius 1 is 1.37 bits per heavy atom. The van der Waals surface area contributed by atoms with E-state index in [9.17, 15) is 4.79 Å². The molecule has 0 aliphatic heterocycles. The molecule has 0 fully saturated rings. The van der Waals surface area contributed by atoms with Crippen molar-refractivity contribution in [3.8, 4) is 0 Å². The number of hydrogen-bond acceptors (Lipinski definition) is 4. The summed E-state index contributed by atoms with van der Waals surface area (Å²) in [5, 5.41) is 0.222. The van der Waals surface area contributed by atoms with E-state index < -0.39 is 12.3 Å². The summed E-state index contributed by atoms with van der Waals surface area (Å²) < 4.78 is 10.3. The van der Waals surface area contributed by atoms with Gasteiger partial charge in [-0.1, -0.05) is 48.1 Å². The molecule has 1 atom stereocenters. The van der Waals surface area contributed by atoms with E-state index in [0.717, 1.165) is 12.8 Å². The van der Waals surface area contributed by atoms with E-state index in [4.69, 9.17) is 44.3 Å². The number of pyridine rings is 1. The molecule has 0 aliphatic carbocycles. The van der Waals surface area contributed by atoms with Gasteiger partial charge in [0.05, 0.1) is 21.7 Å². The molecule has 1 rings (SSSR count). The second-order valence-corrected chi connectivity index (χ2v) is 4.94. The molecule has 0 saturated heterocycles. The molecule has 0 radical (unpaired) electrons. The molecule has 1 unspecified atom stereocenters. The first-order valence-electron chi connectivity index (χ1n) is 5.79. The minimum absolute atomic E-state index is 0.0278. The largest absolute Gasteiger partial charge is 0.431 e. The zero-order valence-corrected chi connectivity index (χ0v) is 12.8. The zero-order chi connectivity index (χ0) is 14.4. The highest BCUT2D eigenvalue weighted by molar-refractivity contribution is 6.48. The first kappa shape index (κ1) is 16.5. The SMILES string of the molecule is CCCCOC(C)OC(=O)c1ncc(Cl)c(Cl)c1Cl. The van der Waals surface area contributed by atoms with E-state index >= 15 is 0 Å². The number of halogens is 3. The Balaban J connectivity index is 2.66. The molecule has 0 spiro atoms. The lowest BCUT2D eigenvalue weighted by atomic mass is 10.3. The average Bonchev–Trinajstić information content (AvgIpc) is 2.36. The van der Waals surface area contributed by atoms with Gasteiger partial charge in [-0.25, -0.2) is 9.78 Å². The fraction of sp³-hybridized carbons (Fsp3) is 0.500. The summed E-state index contributed by atoms with van der Waals surface area (Å²) in [7, 11) is 0. The van der Waals surface area contributed by atoms with Crippen molar-refractivity contribution in [2.75, 3.05) is 6.61 Å². The molecular weight excluding hydrogens is 312 g/mol. The van der Waals surface area contributed by atoms with Crippen LogP contribution in [-0.2, 0) is 9.47 Å². The average molecular weight is 327 g/mol. The maximum atomic E-state index is 11.8. The van der Waals surface area contributed by atoms with E-state index in [1.54, 1.807) is 6.92 Å². The Labute approximate surface area is 127 Å². The topological polar surface area (TPSA) is 48.4 Å². The Hall–Kier alpha value is -0.550. The summed E-state index contributed by atoms with van der Waals surface area (Å²) >= 11 is 17.4. The van der Waals surface area contributed by atoms with E-state index in [1.807, 2.05) is 6.92 Å². The summed E-state index contributed by atoms with van der Waals surface area (Å²) in [4.78, 5) is 15.6. The van der Waals surface area contributed by atoms with E-state index in [0.29, 0.717) is 6.61 Å². The summed E-state index contributed by atoms with van der Waals surface area (Å²) in [6.07, 6.45) is 2.47. The number of rotatable bonds is 6. The lowest BCUT2D eigenvalue weighted by molar-refractivity contribution is -0.0987. The van der Waals surface area contributed by atoms with Crippen molar-refractivity contribution in [3.63, 3.8) is 0 Å². The minimum atomic E-state index is -0.701. The molecule has 106 valence electrons. The van der Waals surface area contributed by atoms with Crippen LogP contribution in [0.3, 0.4) is 0 Å². The lowest BCUT2D eigenvalue weighted by Crippen LogP contribution is -2.20. The maximum Gasteiger partial charge on any atom is 0.360 e. The number of esters is 1. The first-order valence-corrected chi connectivity index (χ1v) is 6.92. The number of carbonyl (C=O) groups is 1. The van der Waals surface area contributed by atoms with Crippen molar-refractivity contribution in [1.82, 2.24) is 4.98 Å². The molecule has 0 aromatic carbocycles. The monoisotopic (exact) mass is 325 g/mol. The van der Waals surface area contributed by atoms with Gasteiger partial charge in [0, 0.05) is 6.20 Å². The van der Waals surface area contributed by atoms with Crippen LogP contribution < -0.4 is 0 Å². The van der Waals surface area contributed by atoms with Gasteiger partial charge in [-0.15, -0.1) is 0 Å². The molecule has 1 heterocycles. The van der Waals surface area contributed by atoms with Crippen LogP contribution in [0.1, 0.15) is 37.2 Å². The second-order valence-electron chi connectivity index (χ2n) is 3.78. The normalized spacial score (nSPS) is 12.3. The molecule has 0 saturated carbocycles. The maximum absolute atomic E-state index is 11.8. The van der Waals surface area contributed by atoms with Crippen LogP contribution >= 0.6 is 34.8 Å². The van der Waals surface area contributed by atoms with Gasteiger partial charge >= 0.3 is 5.97 Å². The van der Waals surface area contributed by atoms with Crippen molar-refractivity contribution in [2.45, 2.75) is 33.0 Å². The Morgan fingerprint density at radius 3 is 2.68 bits per heavy atom. The summed E-state index contributed by atoms with van der Waals surface area (Å²) in [5.41, 5.74) is -0.0815. The Bertz CT molecular complexity index is 454. The molecule has 0 N–H and O–H groups in total. The molecule has 0 aliphatic rings. The molecule has 1 aromatic heterocycles. The molecule has 0 amide bonds. The first-order chi connectivity index (χ1) is 8.97. The van der Waals surface area contributed by atoms with Gasteiger partial charge in [-0.05, 0) is 13.3 Å². The van der Waals surface area contributed by atoms with Crippen LogP contribution in [0, 0.1) is 0 Å². The van der Waals surface area contributed by atoms with Gasteiger partial charge in [0.15, 0.2) is 5.69 Å². The molecule has 7 heteroatoms. The molecule has 19 heavy (non-hydrogen) atoms. The van der Waals surface area contributed by atoms with Crippen molar-refractivity contribution in [3.05, 3.63) is 27.0 Å². The summed E-state index contributed by atoms with van der Waals surface area (Å²) in [5.74, 6) is -0.701. The molecule has 0 bridgehead atoms. The number of unbranched alkanes of at least 4 members (excludes halogenated alkanes) is 1. The third-order valence-corrected chi connectivity index (χ3v) is 3.47. The molecule has 4 nitrogen and oxygen atoms in total. The number of hydrogen-bond donors (Lipinski definition) is 0. The summed E-state index contributed by atoms with van der Waals surface area (Å²) in [6, 6.07) is 0. The highest BCUT2D eigenvalue weighted by Gasteiger charge is 2.20. The smallest absolute Gasteiger partial charge is 0.360 e. The van der Waals surface area contributed by atoms with Gasteiger partial charge in [0.2, 0.25) is 6.29 Å². The standard InChI is InChI=1S/C12H14Cl3NO3/c1-3-4-5-18-7(2)19-12(17)11-10(15)9(14)8(13)6-16-11/h6-7H,3-5H2,1-2H3. The predicted molar refractivity (Wildman–Crippen MR) is 75.0 cm³/mol. The highest BCUT2D eigenvalue weighted by Crippen LogP contribution is 2.31. The summed E-state index contributed by atoms with van der Waals surface area (Å²) in [6.45, 7) is 4.19. The van der Waals surface area contributed by atoms with Crippen molar-refractivity contribution >= 4 is 40.8 Å². The third-order valence-electron chi connectivity index (χ3n) is 2.23. The van der Waals surface area contributed by atoms with Gasteiger partial charge in [0.25, 0.3) is 0 Å². The van der Waals surface area contributed by atoms with Crippen LogP contribution in [0.5, 0.6) is 0 Å². The number of aromatic nitrogens is 1.